The molecule has 0 aliphatic carbocycles. The first-order valence-electron chi connectivity index (χ1n) is 5.00. The lowest BCUT2D eigenvalue weighted by Crippen LogP contribution is -2.37. The molecular weight excluding hydrogens is 148 g/mol. The van der Waals surface area contributed by atoms with E-state index in [4.69, 9.17) is 0 Å². The topological polar surface area (TPSA) is 24.1 Å². The summed E-state index contributed by atoms with van der Waals surface area (Å²) in [5.74, 6) is 0.726. The summed E-state index contributed by atoms with van der Waals surface area (Å²) in [6, 6.07) is 1.22. The summed E-state index contributed by atoms with van der Waals surface area (Å²) < 4.78 is 0. The quantitative estimate of drug-likeness (QED) is 0.595. The van der Waals surface area contributed by atoms with Crippen LogP contribution < -0.4 is 10.6 Å². The molecule has 0 aromatic heterocycles. The van der Waals surface area contributed by atoms with Gasteiger partial charge in [0.2, 0.25) is 0 Å². The normalized spacial score (nSPS) is 14.2. The molecule has 0 amide bonds. The maximum absolute atomic E-state index is 3.47. The molecule has 0 aliphatic heterocycles. The number of hydrogen-bond acceptors (Lipinski definition) is 2. The highest BCUT2D eigenvalue weighted by Crippen LogP contribution is 1.98. The fourth-order valence-corrected chi connectivity index (χ4v) is 0.896. The van der Waals surface area contributed by atoms with Gasteiger partial charge in [-0.15, -0.1) is 0 Å². The lowest BCUT2D eigenvalue weighted by atomic mass is 10.1. The highest BCUT2D eigenvalue weighted by atomic mass is 15.0. The monoisotopic (exact) mass is 172 g/mol. The summed E-state index contributed by atoms with van der Waals surface area (Å²) in [4.78, 5) is 0. The molecule has 1 unspecified atom stereocenters. The predicted octanol–water partition coefficient (Wildman–Crippen LogP) is 1.62. The smallest absolute Gasteiger partial charge is 0.00794 e. The zero-order valence-corrected chi connectivity index (χ0v) is 9.15. The number of hydrogen-bond donors (Lipinski definition) is 2. The fraction of sp³-hybridized carbons (Fsp3) is 1.00. The third-order valence-electron chi connectivity index (χ3n) is 2.14. The van der Waals surface area contributed by atoms with Crippen LogP contribution in [0.5, 0.6) is 0 Å². The van der Waals surface area contributed by atoms with Crippen LogP contribution in [-0.4, -0.2) is 25.2 Å². The molecule has 0 aliphatic rings. The lowest BCUT2D eigenvalue weighted by molar-refractivity contribution is 0.419. The zero-order valence-electron chi connectivity index (χ0n) is 9.15. The van der Waals surface area contributed by atoms with Gasteiger partial charge in [0.15, 0.2) is 0 Å². The van der Waals surface area contributed by atoms with E-state index in [1.807, 2.05) is 0 Å². The Balaban J connectivity index is 3.20. The maximum Gasteiger partial charge on any atom is 0.00794 e. The summed E-state index contributed by atoms with van der Waals surface area (Å²) in [5, 5.41) is 6.85. The van der Waals surface area contributed by atoms with Crippen molar-refractivity contribution < 1.29 is 0 Å². The van der Waals surface area contributed by atoms with Gasteiger partial charge in [-0.2, -0.15) is 0 Å². The summed E-state index contributed by atoms with van der Waals surface area (Å²) in [6.45, 7) is 13.2. The highest BCUT2D eigenvalue weighted by molar-refractivity contribution is 4.65. The van der Waals surface area contributed by atoms with E-state index in [2.05, 4.69) is 45.3 Å². The third kappa shape index (κ3) is 6.62. The molecule has 2 N–H and O–H groups in total. The van der Waals surface area contributed by atoms with Crippen LogP contribution in [0.1, 0.15) is 34.6 Å². The van der Waals surface area contributed by atoms with Crippen molar-refractivity contribution in [3.63, 3.8) is 0 Å². The van der Waals surface area contributed by atoms with Gasteiger partial charge in [-0.1, -0.05) is 27.7 Å². The second kappa shape index (κ2) is 6.44. The molecular formula is C10H24N2. The van der Waals surface area contributed by atoms with Gasteiger partial charge >= 0.3 is 0 Å². The molecule has 0 radical (unpaired) electrons. The van der Waals surface area contributed by atoms with Crippen molar-refractivity contribution in [2.75, 3.05) is 13.1 Å². The van der Waals surface area contributed by atoms with Gasteiger partial charge in [0, 0.05) is 25.2 Å². The molecule has 0 saturated carbocycles. The third-order valence-corrected chi connectivity index (χ3v) is 2.14. The molecule has 74 valence electrons. The Hall–Kier alpha value is -0.0800. The van der Waals surface area contributed by atoms with E-state index >= 15 is 0 Å². The predicted molar refractivity (Wildman–Crippen MR) is 55.4 cm³/mol. The molecule has 12 heavy (non-hydrogen) atoms. The Morgan fingerprint density at radius 1 is 0.833 bits per heavy atom. The van der Waals surface area contributed by atoms with Crippen molar-refractivity contribution >= 4 is 0 Å². The second-order valence-corrected chi connectivity index (χ2v) is 4.10. The minimum absolute atomic E-state index is 0.598. The first kappa shape index (κ1) is 11.9. The summed E-state index contributed by atoms with van der Waals surface area (Å²) >= 11 is 0. The van der Waals surface area contributed by atoms with E-state index in [0.717, 1.165) is 19.0 Å². The van der Waals surface area contributed by atoms with Crippen LogP contribution in [-0.2, 0) is 0 Å². The van der Waals surface area contributed by atoms with Crippen molar-refractivity contribution in [3.8, 4) is 0 Å². The van der Waals surface area contributed by atoms with Gasteiger partial charge < -0.3 is 10.6 Å². The van der Waals surface area contributed by atoms with Gasteiger partial charge in [0.1, 0.15) is 0 Å². The van der Waals surface area contributed by atoms with E-state index in [1.54, 1.807) is 0 Å². The fourth-order valence-electron chi connectivity index (χ4n) is 0.896. The van der Waals surface area contributed by atoms with Gasteiger partial charge in [-0.25, -0.2) is 0 Å². The lowest BCUT2D eigenvalue weighted by Gasteiger charge is -2.18. The molecule has 0 spiro atoms. The minimum Gasteiger partial charge on any atom is -0.313 e. The molecule has 0 saturated heterocycles. The Bertz CT molecular complexity index is 100. The van der Waals surface area contributed by atoms with Gasteiger partial charge in [0.25, 0.3) is 0 Å². The van der Waals surface area contributed by atoms with E-state index < -0.39 is 0 Å². The molecule has 0 rings (SSSR count). The molecule has 0 fully saturated rings. The summed E-state index contributed by atoms with van der Waals surface area (Å²) in [6.07, 6.45) is 0. The molecule has 2 heteroatoms. The molecule has 1 atom stereocenters. The first-order chi connectivity index (χ1) is 5.54. The Morgan fingerprint density at radius 2 is 1.33 bits per heavy atom. The minimum atomic E-state index is 0.598. The number of rotatable bonds is 6. The Kier molecular flexibility index (Phi) is 6.39. The van der Waals surface area contributed by atoms with Crippen LogP contribution in [0.15, 0.2) is 0 Å². The zero-order chi connectivity index (χ0) is 9.56. The van der Waals surface area contributed by atoms with Crippen molar-refractivity contribution in [1.82, 2.24) is 10.6 Å². The van der Waals surface area contributed by atoms with Crippen LogP contribution in [0.2, 0.25) is 0 Å². The summed E-state index contributed by atoms with van der Waals surface area (Å²) in [7, 11) is 0. The molecule has 0 aromatic rings. The van der Waals surface area contributed by atoms with E-state index in [-0.39, 0.29) is 0 Å². The Morgan fingerprint density at radius 3 is 1.75 bits per heavy atom. The summed E-state index contributed by atoms with van der Waals surface area (Å²) in [5.41, 5.74) is 0. The Labute approximate surface area is 77.1 Å². The second-order valence-electron chi connectivity index (χ2n) is 4.10. The SMILES string of the molecule is CC(C)NCCNC(C)C(C)C. The first-order valence-corrected chi connectivity index (χ1v) is 5.00. The van der Waals surface area contributed by atoms with Crippen LogP contribution in [0.3, 0.4) is 0 Å². The van der Waals surface area contributed by atoms with Crippen molar-refractivity contribution in [2.24, 2.45) is 5.92 Å². The molecule has 0 aromatic carbocycles. The van der Waals surface area contributed by atoms with Crippen molar-refractivity contribution in [3.05, 3.63) is 0 Å². The van der Waals surface area contributed by atoms with E-state index in [1.165, 1.54) is 0 Å². The van der Waals surface area contributed by atoms with Crippen LogP contribution >= 0.6 is 0 Å². The maximum atomic E-state index is 3.47. The molecule has 2 nitrogen and oxygen atoms in total. The van der Waals surface area contributed by atoms with Gasteiger partial charge in [-0.3, -0.25) is 0 Å². The highest BCUT2D eigenvalue weighted by Gasteiger charge is 2.04. The number of nitrogens with one attached hydrogen (secondary N) is 2. The van der Waals surface area contributed by atoms with Gasteiger partial charge in [0.05, 0.1) is 0 Å². The van der Waals surface area contributed by atoms with E-state index in [9.17, 15) is 0 Å². The van der Waals surface area contributed by atoms with E-state index in [0.29, 0.717) is 12.1 Å². The van der Waals surface area contributed by atoms with Crippen LogP contribution in [0, 0.1) is 5.92 Å². The molecule has 0 bridgehead atoms. The molecule has 0 heterocycles. The standard InChI is InChI=1S/C10H24N2/c1-8(2)10(5)12-7-6-11-9(3)4/h8-12H,6-7H2,1-5H3. The largest absolute Gasteiger partial charge is 0.313 e. The van der Waals surface area contributed by atoms with Crippen LogP contribution in [0.4, 0.5) is 0 Å². The average Bonchev–Trinajstić information content (AvgIpc) is 1.97. The average molecular weight is 172 g/mol. The van der Waals surface area contributed by atoms with Gasteiger partial charge in [-0.05, 0) is 12.8 Å². The van der Waals surface area contributed by atoms with Crippen molar-refractivity contribution in [1.29, 1.82) is 0 Å². The van der Waals surface area contributed by atoms with Crippen LogP contribution in [0.25, 0.3) is 0 Å². The van der Waals surface area contributed by atoms with Crippen molar-refractivity contribution in [2.45, 2.75) is 46.7 Å².